The maximum atomic E-state index is 12.4. The highest BCUT2D eigenvalue weighted by atomic mass is 16.2. The minimum atomic E-state index is 0.0667. The molecule has 3 aliphatic rings. The van der Waals surface area contributed by atoms with Gasteiger partial charge in [-0.25, -0.2) is 0 Å². The van der Waals surface area contributed by atoms with Crippen molar-refractivity contribution in [2.45, 2.75) is 57.5 Å². The molecular formula is C21H31N3O. The molecule has 2 heterocycles. The monoisotopic (exact) mass is 341 g/mol. The van der Waals surface area contributed by atoms with Crippen LogP contribution >= 0.6 is 0 Å². The molecule has 0 spiro atoms. The lowest BCUT2D eigenvalue weighted by Gasteiger charge is -2.32. The number of anilines is 1. The van der Waals surface area contributed by atoms with Gasteiger partial charge in [0.05, 0.1) is 0 Å². The average Bonchev–Trinajstić information content (AvgIpc) is 3.33. The van der Waals surface area contributed by atoms with Crippen molar-refractivity contribution in [3.63, 3.8) is 0 Å². The van der Waals surface area contributed by atoms with E-state index in [-0.39, 0.29) is 11.8 Å². The second kappa shape index (κ2) is 6.73. The lowest BCUT2D eigenvalue weighted by molar-refractivity contribution is -0.121. The van der Waals surface area contributed by atoms with E-state index < -0.39 is 0 Å². The van der Waals surface area contributed by atoms with Crippen LogP contribution in [0, 0.1) is 5.92 Å². The van der Waals surface area contributed by atoms with Crippen molar-refractivity contribution in [1.29, 1.82) is 0 Å². The molecule has 136 valence electrons. The van der Waals surface area contributed by atoms with Gasteiger partial charge in [0.15, 0.2) is 0 Å². The zero-order chi connectivity index (χ0) is 17.6. The maximum Gasteiger partial charge on any atom is 0.229 e. The van der Waals surface area contributed by atoms with Crippen LogP contribution in [-0.2, 0) is 11.2 Å². The molecule has 4 heteroatoms. The molecule has 1 N–H and O–H groups in total. The lowest BCUT2D eigenvalue weighted by Crippen LogP contribution is -2.42. The van der Waals surface area contributed by atoms with Crippen molar-refractivity contribution >= 4 is 11.6 Å². The van der Waals surface area contributed by atoms with Crippen molar-refractivity contribution in [1.82, 2.24) is 10.2 Å². The summed E-state index contributed by atoms with van der Waals surface area (Å²) in [5.74, 6) is 0.999. The topological polar surface area (TPSA) is 35.6 Å². The van der Waals surface area contributed by atoms with E-state index in [2.05, 4.69) is 35.5 Å². The van der Waals surface area contributed by atoms with Gasteiger partial charge in [0.1, 0.15) is 0 Å². The van der Waals surface area contributed by atoms with Crippen molar-refractivity contribution < 1.29 is 4.79 Å². The summed E-state index contributed by atoms with van der Waals surface area (Å²) in [6.45, 7) is 7.13. The molecular weight excluding hydrogens is 310 g/mol. The van der Waals surface area contributed by atoms with E-state index >= 15 is 0 Å². The molecule has 2 fully saturated rings. The molecule has 1 aromatic rings. The minimum Gasteiger partial charge on any atom is -0.317 e. The zero-order valence-electron chi connectivity index (χ0n) is 15.8. The summed E-state index contributed by atoms with van der Waals surface area (Å²) in [4.78, 5) is 17.0. The Kier molecular flexibility index (Phi) is 4.59. The fraction of sp³-hybridized carbons (Fsp3) is 0.667. The van der Waals surface area contributed by atoms with Gasteiger partial charge >= 0.3 is 0 Å². The van der Waals surface area contributed by atoms with E-state index in [9.17, 15) is 4.79 Å². The third kappa shape index (κ3) is 3.22. The molecule has 1 saturated carbocycles. The average molecular weight is 341 g/mol. The number of carbonyl (C=O) groups is 1. The minimum absolute atomic E-state index is 0.0667. The van der Waals surface area contributed by atoms with Crippen molar-refractivity contribution in [2.75, 3.05) is 31.6 Å². The fourth-order valence-corrected chi connectivity index (χ4v) is 4.67. The van der Waals surface area contributed by atoms with Crippen LogP contribution < -0.4 is 10.2 Å². The Bertz CT molecular complexity index is 651. The number of nitrogens with one attached hydrogen (secondary N) is 1. The Hall–Kier alpha value is -1.39. The first-order chi connectivity index (χ1) is 12.1. The Morgan fingerprint density at radius 3 is 2.76 bits per heavy atom. The molecule has 25 heavy (non-hydrogen) atoms. The van der Waals surface area contributed by atoms with E-state index in [0.29, 0.717) is 12.0 Å². The van der Waals surface area contributed by atoms with E-state index in [1.165, 1.54) is 30.4 Å². The summed E-state index contributed by atoms with van der Waals surface area (Å²) in [7, 11) is 2.32. The van der Waals surface area contributed by atoms with Crippen LogP contribution in [0.25, 0.3) is 0 Å². The van der Waals surface area contributed by atoms with Crippen LogP contribution in [0.1, 0.15) is 50.2 Å². The first-order valence-electron chi connectivity index (χ1n) is 9.93. The Balaban J connectivity index is 1.44. The smallest absolute Gasteiger partial charge is 0.229 e. The number of hydrogen-bond acceptors (Lipinski definition) is 3. The first kappa shape index (κ1) is 17.0. The summed E-state index contributed by atoms with van der Waals surface area (Å²) in [5.41, 5.74) is 3.98. The maximum absolute atomic E-state index is 12.4. The second-order valence-corrected chi connectivity index (χ2v) is 8.34. The highest BCUT2D eigenvalue weighted by Crippen LogP contribution is 2.47. The van der Waals surface area contributed by atoms with Crippen LogP contribution in [0.2, 0.25) is 0 Å². The van der Waals surface area contributed by atoms with Gasteiger partial charge in [0.25, 0.3) is 0 Å². The first-order valence-corrected chi connectivity index (χ1v) is 9.93. The van der Waals surface area contributed by atoms with Gasteiger partial charge in [-0.05, 0) is 63.0 Å². The predicted molar refractivity (Wildman–Crippen MR) is 102 cm³/mol. The van der Waals surface area contributed by atoms with E-state index in [4.69, 9.17) is 0 Å². The summed E-state index contributed by atoms with van der Waals surface area (Å²) in [6, 6.07) is 8.29. The molecule has 1 amide bonds. The molecule has 0 aromatic heterocycles. The quantitative estimate of drug-likeness (QED) is 0.915. The Morgan fingerprint density at radius 1 is 1.28 bits per heavy atom. The largest absolute Gasteiger partial charge is 0.317 e. The summed E-state index contributed by atoms with van der Waals surface area (Å²) in [6.07, 6.45) is 4.84. The Morgan fingerprint density at radius 2 is 2.04 bits per heavy atom. The van der Waals surface area contributed by atoms with Crippen molar-refractivity contribution in [3.05, 3.63) is 29.3 Å². The molecule has 2 unspecified atom stereocenters. The number of piperidine rings is 1. The predicted octanol–water partition coefficient (Wildman–Crippen LogP) is 2.77. The molecule has 4 rings (SSSR count). The SMILES string of the molecule is CC(C)C(=O)N1CCc2cc(C3CC3N(C)C3CCNCC3)ccc21. The molecule has 4 nitrogen and oxygen atoms in total. The number of amides is 1. The number of nitrogens with zero attached hydrogens (tertiary/aromatic N) is 2. The van der Waals surface area contributed by atoms with Gasteiger partial charge < -0.3 is 10.2 Å². The number of rotatable bonds is 4. The van der Waals surface area contributed by atoms with Crippen LogP contribution in [0.4, 0.5) is 5.69 Å². The zero-order valence-corrected chi connectivity index (χ0v) is 15.8. The number of fused-ring (bicyclic) bond motifs is 1. The molecule has 0 radical (unpaired) electrons. The summed E-state index contributed by atoms with van der Waals surface area (Å²) >= 11 is 0. The number of hydrogen-bond donors (Lipinski definition) is 1. The third-order valence-electron chi connectivity index (χ3n) is 6.35. The molecule has 1 aliphatic carbocycles. The van der Waals surface area contributed by atoms with Crippen molar-refractivity contribution in [3.8, 4) is 0 Å². The molecule has 2 aliphatic heterocycles. The van der Waals surface area contributed by atoms with E-state index in [0.717, 1.165) is 37.8 Å². The van der Waals surface area contributed by atoms with Crippen LogP contribution in [0.3, 0.4) is 0 Å². The van der Waals surface area contributed by atoms with Gasteiger partial charge in [-0.1, -0.05) is 26.0 Å². The van der Waals surface area contributed by atoms with Gasteiger partial charge in [-0.2, -0.15) is 0 Å². The van der Waals surface area contributed by atoms with Gasteiger partial charge in [-0.3, -0.25) is 9.69 Å². The second-order valence-electron chi connectivity index (χ2n) is 8.34. The summed E-state index contributed by atoms with van der Waals surface area (Å²) in [5, 5.41) is 3.46. The number of benzene rings is 1. The third-order valence-corrected chi connectivity index (χ3v) is 6.35. The highest BCUT2D eigenvalue weighted by molar-refractivity contribution is 5.96. The van der Waals surface area contributed by atoms with Crippen LogP contribution in [0.15, 0.2) is 18.2 Å². The van der Waals surface area contributed by atoms with Gasteiger partial charge in [0.2, 0.25) is 5.91 Å². The highest BCUT2D eigenvalue weighted by Gasteiger charge is 2.43. The lowest BCUT2D eigenvalue weighted by atomic mass is 10.0. The van der Waals surface area contributed by atoms with E-state index in [1.807, 2.05) is 18.7 Å². The number of carbonyl (C=O) groups excluding carboxylic acids is 1. The fourth-order valence-electron chi connectivity index (χ4n) is 4.67. The van der Waals surface area contributed by atoms with Gasteiger partial charge in [0, 0.05) is 36.2 Å². The van der Waals surface area contributed by atoms with Crippen LogP contribution in [0.5, 0.6) is 0 Å². The normalized spacial score (nSPS) is 26.4. The standard InChI is InChI=1S/C21H31N3O/c1-14(2)21(25)24-11-8-16-12-15(4-5-19(16)24)18-13-20(18)23(3)17-6-9-22-10-7-17/h4-5,12,14,17-18,20,22H,6-11,13H2,1-3H3. The molecule has 1 saturated heterocycles. The molecule has 2 atom stereocenters. The van der Waals surface area contributed by atoms with Crippen LogP contribution in [-0.4, -0.2) is 49.6 Å². The Labute approximate surface area is 151 Å². The van der Waals surface area contributed by atoms with E-state index in [1.54, 1.807) is 0 Å². The molecule has 0 bridgehead atoms. The van der Waals surface area contributed by atoms with Crippen molar-refractivity contribution in [2.24, 2.45) is 5.92 Å². The van der Waals surface area contributed by atoms with Gasteiger partial charge in [-0.15, -0.1) is 0 Å². The molecule has 1 aromatic carbocycles. The number of likely N-dealkylation sites (N-methyl/N-ethyl adjacent to an activating group) is 1. The summed E-state index contributed by atoms with van der Waals surface area (Å²) < 4.78 is 0.